The summed E-state index contributed by atoms with van der Waals surface area (Å²) in [6.45, 7) is 10.1. The van der Waals surface area contributed by atoms with Crippen LogP contribution in [0.1, 0.15) is 38.9 Å². The minimum absolute atomic E-state index is 0.217. The van der Waals surface area contributed by atoms with Crippen LogP contribution in [0.5, 0.6) is 0 Å². The van der Waals surface area contributed by atoms with Gasteiger partial charge in [0.15, 0.2) is 0 Å². The molecule has 0 aliphatic carbocycles. The molecule has 5 heteroatoms. The van der Waals surface area contributed by atoms with Crippen LogP contribution < -0.4 is 21.7 Å². The van der Waals surface area contributed by atoms with Crippen LogP contribution >= 0.6 is 0 Å². The van der Waals surface area contributed by atoms with Gasteiger partial charge in [0.2, 0.25) is 5.91 Å². The Kier molecular flexibility index (Phi) is 8.49. The van der Waals surface area contributed by atoms with Crippen molar-refractivity contribution < 1.29 is 4.79 Å². The maximum atomic E-state index is 12.2. The van der Waals surface area contributed by atoms with Gasteiger partial charge >= 0.3 is 0 Å². The van der Waals surface area contributed by atoms with Crippen molar-refractivity contribution in [1.29, 1.82) is 0 Å². The van der Waals surface area contributed by atoms with Crippen molar-refractivity contribution in [2.75, 3.05) is 21.7 Å². The van der Waals surface area contributed by atoms with E-state index in [0.29, 0.717) is 17.9 Å². The number of aryl methyl sites for hydroxylation is 3. The summed E-state index contributed by atoms with van der Waals surface area (Å²) < 4.78 is 0. The van der Waals surface area contributed by atoms with E-state index in [0.717, 1.165) is 29.0 Å². The van der Waals surface area contributed by atoms with Gasteiger partial charge in [0.05, 0.1) is 11.4 Å². The molecule has 38 heavy (non-hydrogen) atoms. The lowest BCUT2D eigenvalue weighted by atomic mass is 10.0. The number of rotatable bonds is 9. The van der Waals surface area contributed by atoms with Gasteiger partial charge in [-0.15, -0.1) is 0 Å². The number of nitrogen functional groups attached to an aromatic ring is 1. The average Bonchev–Trinajstić information content (AvgIpc) is 2.91. The molecule has 0 saturated heterocycles. The molecule has 0 fully saturated rings. The maximum Gasteiger partial charge on any atom is 0.248 e. The Morgan fingerprint density at radius 1 is 0.763 bits per heavy atom. The number of hydrogen-bond acceptors (Lipinski definition) is 4. The Morgan fingerprint density at radius 3 is 2.16 bits per heavy atom. The second kappa shape index (κ2) is 12.2. The van der Waals surface area contributed by atoms with E-state index in [4.69, 9.17) is 5.73 Å². The normalized spacial score (nSPS) is 10.9. The molecule has 4 aromatic carbocycles. The Labute approximate surface area is 225 Å². The molecule has 0 aliphatic heterocycles. The Balaban J connectivity index is 1.31. The first kappa shape index (κ1) is 26.6. The number of carbonyl (C=O) groups is 1. The van der Waals surface area contributed by atoms with Crippen LogP contribution in [-0.4, -0.2) is 5.91 Å². The second-order valence-electron chi connectivity index (χ2n) is 9.73. The fourth-order valence-electron chi connectivity index (χ4n) is 4.21. The number of benzene rings is 4. The van der Waals surface area contributed by atoms with E-state index >= 15 is 0 Å². The molecule has 4 aromatic rings. The van der Waals surface area contributed by atoms with Gasteiger partial charge in [0.1, 0.15) is 0 Å². The Hall–Kier alpha value is -4.51. The van der Waals surface area contributed by atoms with Crippen molar-refractivity contribution in [3.05, 3.63) is 124 Å². The predicted octanol–water partition coefficient (Wildman–Crippen LogP) is 7.38. The minimum Gasteiger partial charge on any atom is -0.397 e. The number of nitrogens with one attached hydrogen (secondary N) is 3. The van der Waals surface area contributed by atoms with Crippen LogP contribution in [0.2, 0.25) is 0 Å². The summed E-state index contributed by atoms with van der Waals surface area (Å²) in [7, 11) is 0. The van der Waals surface area contributed by atoms with E-state index in [9.17, 15) is 4.79 Å². The van der Waals surface area contributed by atoms with Gasteiger partial charge in [-0.3, -0.25) is 4.79 Å². The van der Waals surface area contributed by atoms with Crippen molar-refractivity contribution in [3.63, 3.8) is 0 Å². The topological polar surface area (TPSA) is 79.2 Å². The highest BCUT2D eigenvalue weighted by molar-refractivity contribution is 6.03. The second-order valence-corrected chi connectivity index (χ2v) is 9.73. The van der Waals surface area contributed by atoms with Gasteiger partial charge < -0.3 is 21.7 Å². The molecule has 0 aromatic heterocycles. The highest BCUT2D eigenvalue weighted by Crippen LogP contribution is 2.22. The van der Waals surface area contributed by atoms with Crippen LogP contribution in [0.25, 0.3) is 6.08 Å². The third-order valence-corrected chi connectivity index (χ3v) is 6.88. The largest absolute Gasteiger partial charge is 0.397 e. The summed E-state index contributed by atoms with van der Waals surface area (Å²) in [5, 5.41) is 9.92. The highest BCUT2D eigenvalue weighted by Gasteiger charge is 2.05. The summed E-state index contributed by atoms with van der Waals surface area (Å²) in [5.41, 5.74) is 17.9. The highest BCUT2D eigenvalue weighted by atomic mass is 16.1. The van der Waals surface area contributed by atoms with Crippen molar-refractivity contribution in [3.8, 4) is 0 Å². The fraction of sp³-hybridized carbons (Fsp3) is 0.182. The number of para-hydroxylation sites is 2. The molecule has 0 saturated carbocycles. The number of carbonyl (C=O) groups excluding carboxylic acids is 1. The standard InChI is InChI=1S/C33H36N4O/c1-22-9-15-29(19-28(22)21-36-30-17-23(2)25(4)24(3)18-30)35-20-27-12-10-26(11-13-27)14-16-33(38)37-32-8-6-5-7-31(32)34/h5-19,35-36H,20-21,34H2,1-4H3,(H,37,38)/b16-14+. The van der Waals surface area contributed by atoms with Crippen LogP contribution in [0, 0.1) is 27.7 Å². The molecule has 0 atom stereocenters. The zero-order chi connectivity index (χ0) is 27.1. The lowest BCUT2D eigenvalue weighted by Gasteiger charge is -2.14. The Bertz CT molecular complexity index is 1430. The molecule has 5 nitrogen and oxygen atoms in total. The predicted molar refractivity (Wildman–Crippen MR) is 161 cm³/mol. The van der Waals surface area contributed by atoms with E-state index in [-0.39, 0.29) is 5.91 Å². The van der Waals surface area contributed by atoms with E-state index in [2.05, 4.69) is 86.1 Å². The van der Waals surface area contributed by atoms with Gasteiger partial charge in [-0.05, 0) is 109 Å². The quantitative estimate of drug-likeness (QED) is 0.142. The van der Waals surface area contributed by atoms with E-state index < -0.39 is 0 Å². The minimum atomic E-state index is -0.217. The molecule has 5 N–H and O–H groups in total. The third-order valence-electron chi connectivity index (χ3n) is 6.88. The van der Waals surface area contributed by atoms with Gasteiger partial charge in [0, 0.05) is 30.5 Å². The first-order valence-corrected chi connectivity index (χ1v) is 12.9. The number of anilines is 4. The molecule has 0 heterocycles. The van der Waals surface area contributed by atoms with Crippen LogP contribution in [0.4, 0.5) is 22.7 Å². The lowest BCUT2D eigenvalue weighted by Crippen LogP contribution is -2.09. The van der Waals surface area contributed by atoms with Crippen LogP contribution in [0.15, 0.2) is 84.9 Å². The number of amides is 1. The number of hydrogen-bond donors (Lipinski definition) is 4. The molecule has 0 spiro atoms. The van der Waals surface area contributed by atoms with Crippen molar-refractivity contribution in [2.24, 2.45) is 0 Å². The summed E-state index contributed by atoms with van der Waals surface area (Å²) in [6.07, 6.45) is 3.31. The van der Waals surface area contributed by atoms with Gasteiger partial charge in [0.25, 0.3) is 0 Å². The molecule has 1 amide bonds. The van der Waals surface area contributed by atoms with Crippen LogP contribution in [-0.2, 0) is 17.9 Å². The first-order valence-electron chi connectivity index (χ1n) is 12.9. The van der Waals surface area contributed by atoms with E-state index in [1.54, 1.807) is 18.2 Å². The lowest BCUT2D eigenvalue weighted by molar-refractivity contribution is -0.111. The molecule has 0 bridgehead atoms. The van der Waals surface area contributed by atoms with Crippen molar-refractivity contribution in [2.45, 2.75) is 40.8 Å². The van der Waals surface area contributed by atoms with E-state index in [1.165, 1.54) is 33.9 Å². The fourth-order valence-corrected chi connectivity index (χ4v) is 4.21. The molecular formula is C33H36N4O. The zero-order valence-electron chi connectivity index (χ0n) is 22.6. The summed E-state index contributed by atoms with van der Waals surface area (Å²) in [6, 6.07) is 26.3. The molecule has 194 valence electrons. The van der Waals surface area contributed by atoms with Crippen molar-refractivity contribution in [1.82, 2.24) is 0 Å². The molecule has 4 rings (SSSR count). The summed E-state index contributed by atoms with van der Waals surface area (Å²) in [4.78, 5) is 12.2. The number of nitrogens with two attached hydrogens (primary N) is 1. The maximum absolute atomic E-state index is 12.2. The first-order chi connectivity index (χ1) is 18.3. The third kappa shape index (κ3) is 7.04. The van der Waals surface area contributed by atoms with Gasteiger partial charge in [-0.25, -0.2) is 0 Å². The van der Waals surface area contributed by atoms with Crippen molar-refractivity contribution >= 4 is 34.7 Å². The molecule has 0 unspecified atom stereocenters. The molecule has 0 radical (unpaired) electrons. The molecule has 0 aliphatic rings. The van der Waals surface area contributed by atoms with E-state index in [1.807, 2.05) is 24.3 Å². The average molecular weight is 505 g/mol. The van der Waals surface area contributed by atoms with Crippen LogP contribution in [0.3, 0.4) is 0 Å². The molecular weight excluding hydrogens is 468 g/mol. The Morgan fingerprint density at radius 2 is 1.45 bits per heavy atom. The SMILES string of the molecule is Cc1ccc(NCc2ccc(/C=C/C(=O)Nc3ccccc3N)cc2)cc1CNc1cc(C)c(C)c(C)c1. The summed E-state index contributed by atoms with van der Waals surface area (Å²) in [5.74, 6) is -0.217. The van der Waals surface area contributed by atoms with Gasteiger partial charge in [-0.1, -0.05) is 42.5 Å². The zero-order valence-corrected chi connectivity index (χ0v) is 22.6. The monoisotopic (exact) mass is 504 g/mol. The smallest absolute Gasteiger partial charge is 0.248 e. The van der Waals surface area contributed by atoms with Gasteiger partial charge in [-0.2, -0.15) is 0 Å². The summed E-state index contributed by atoms with van der Waals surface area (Å²) >= 11 is 0.